The van der Waals surface area contributed by atoms with Gasteiger partial charge in [-0.25, -0.2) is 8.42 Å². The highest BCUT2D eigenvalue weighted by Gasteiger charge is 2.26. The van der Waals surface area contributed by atoms with Gasteiger partial charge in [-0.2, -0.15) is 4.72 Å². The minimum atomic E-state index is -3.67. The van der Waals surface area contributed by atoms with Gasteiger partial charge in [-0.05, 0) is 38.8 Å². The number of nitrogens with zero attached hydrogens (tertiary/aromatic N) is 1. The van der Waals surface area contributed by atoms with E-state index in [-0.39, 0.29) is 10.8 Å². The topological polar surface area (TPSA) is 66.5 Å². The third-order valence-electron chi connectivity index (χ3n) is 3.95. The summed E-state index contributed by atoms with van der Waals surface area (Å²) in [6, 6.07) is 5.86. The van der Waals surface area contributed by atoms with Gasteiger partial charge in [-0.3, -0.25) is 4.79 Å². The molecule has 1 aliphatic heterocycles. The van der Waals surface area contributed by atoms with Crippen LogP contribution in [0.5, 0.6) is 0 Å². The molecule has 2 rings (SSSR count). The number of sulfonamides is 1. The number of rotatable bonds is 4. The van der Waals surface area contributed by atoms with Crippen LogP contribution in [0, 0.1) is 6.92 Å². The highest BCUT2D eigenvalue weighted by Crippen LogP contribution is 2.13. The zero-order chi connectivity index (χ0) is 16.2. The molecule has 0 bridgehead atoms. The number of amides is 1. The van der Waals surface area contributed by atoms with E-state index in [1.54, 1.807) is 36.1 Å². The van der Waals surface area contributed by atoms with Gasteiger partial charge in [0.1, 0.15) is 0 Å². The molecule has 1 heterocycles. The highest BCUT2D eigenvalue weighted by molar-refractivity contribution is 7.89. The molecule has 1 saturated heterocycles. The van der Waals surface area contributed by atoms with Crippen LogP contribution in [0.25, 0.3) is 0 Å². The van der Waals surface area contributed by atoms with E-state index in [4.69, 9.17) is 0 Å². The Balaban J connectivity index is 2.04. The number of nitrogens with one attached hydrogen (secondary N) is 1. The quantitative estimate of drug-likeness (QED) is 0.922. The summed E-state index contributed by atoms with van der Waals surface area (Å²) in [5, 5.41) is 0. The average Bonchev–Trinajstić information content (AvgIpc) is 2.75. The third-order valence-corrected chi connectivity index (χ3v) is 5.51. The van der Waals surface area contributed by atoms with E-state index in [1.807, 2.05) is 6.92 Å². The Morgan fingerprint density at radius 2 is 1.64 bits per heavy atom. The molecule has 1 amide bonds. The second-order valence-electron chi connectivity index (χ2n) is 5.90. The smallest absolute Gasteiger partial charge is 0.241 e. The van der Waals surface area contributed by atoms with Gasteiger partial charge >= 0.3 is 0 Å². The van der Waals surface area contributed by atoms with Gasteiger partial charge in [0.25, 0.3) is 0 Å². The first-order chi connectivity index (χ1) is 10.4. The Kier molecular flexibility index (Phi) is 5.58. The second-order valence-corrected chi connectivity index (χ2v) is 7.61. The lowest BCUT2D eigenvalue weighted by molar-refractivity contribution is -0.132. The standard InChI is InChI=1S/C16H24N2O3S/c1-13-7-9-15(10-8-13)22(20,21)17-14(2)16(19)18-11-5-3-4-6-12-18/h7-10,14,17H,3-6,11-12H2,1-2H3/t14-/m1/s1. The minimum absolute atomic E-state index is 0.141. The van der Waals surface area contributed by atoms with Crippen LogP contribution < -0.4 is 4.72 Å². The lowest BCUT2D eigenvalue weighted by Gasteiger charge is -2.24. The van der Waals surface area contributed by atoms with Crippen LogP contribution in [0.3, 0.4) is 0 Å². The zero-order valence-electron chi connectivity index (χ0n) is 13.2. The van der Waals surface area contributed by atoms with Crippen LogP contribution in [0.15, 0.2) is 29.2 Å². The lowest BCUT2D eigenvalue weighted by Crippen LogP contribution is -2.47. The summed E-state index contributed by atoms with van der Waals surface area (Å²) in [6.45, 7) is 4.94. The van der Waals surface area contributed by atoms with Crippen molar-refractivity contribution in [2.45, 2.75) is 50.5 Å². The van der Waals surface area contributed by atoms with Gasteiger partial charge < -0.3 is 4.90 Å². The van der Waals surface area contributed by atoms with Crippen molar-refractivity contribution in [1.82, 2.24) is 9.62 Å². The van der Waals surface area contributed by atoms with Crippen molar-refractivity contribution >= 4 is 15.9 Å². The first-order valence-electron chi connectivity index (χ1n) is 7.78. The fraction of sp³-hybridized carbons (Fsp3) is 0.562. The number of carbonyl (C=O) groups excluding carboxylic acids is 1. The van der Waals surface area contributed by atoms with Crippen molar-refractivity contribution in [2.24, 2.45) is 0 Å². The fourth-order valence-electron chi connectivity index (χ4n) is 2.63. The first kappa shape index (κ1) is 17.0. The molecular weight excluding hydrogens is 300 g/mol. The van der Waals surface area contributed by atoms with Gasteiger partial charge in [0.15, 0.2) is 0 Å². The lowest BCUT2D eigenvalue weighted by atomic mass is 10.2. The minimum Gasteiger partial charge on any atom is -0.341 e. The molecule has 5 nitrogen and oxygen atoms in total. The van der Waals surface area contributed by atoms with Gasteiger partial charge in [-0.15, -0.1) is 0 Å². The van der Waals surface area contributed by atoms with E-state index in [9.17, 15) is 13.2 Å². The van der Waals surface area contributed by atoms with Crippen LogP contribution >= 0.6 is 0 Å². The summed E-state index contributed by atoms with van der Waals surface area (Å²) in [5.74, 6) is -0.141. The van der Waals surface area contributed by atoms with Crippen LogP contribution in [0.4, 0.5) is 0 Å². The molecule has 0 spiro atoms. The Morgan fingerprint density at radius 1 is 1.09 bits per heavy atom. The van der Waals surface area contributed by atoms with Crippen molar-refractivity contribution < 1.29 is 13.2 Å². The highest BCUT2D eigenvalue weighted by atomic mass is 32.2. The number of likely N-dealkylation sites (tertiary alicyclic amines) is 1. The molecule has 0 aliphatic carbocycles. The SMILES string of the molecule is Cc1ccc(S(=O)(=O)N[C@H](C)C(=O)N2CCCCCC2)cc1. The van der Waals surface area contributed by atoms with Crippen LogP contribution in [0.2, 0.25) is 0 Å². The first-order valence-corrected chi connectivity index (χ1v) is 9.26. The Morgan fingerprint density at radius 3 is 2.18 bits per heavy atom. The zero-order valence-corrected chi connectivity index (χ0v) is 14.0. The Labute approximate surface area is 132 Å². The molecule has 122 valence electrons. The Bertz CT molecular complexity index is 603. The predicted molar refractivity (Wildman–Crippen MR) is 86.0 cm³/mol. The number of benzene rings is 1. The van der Waals surface area contributed by atoms with Crippen molar-refractivity contribution in [1.29, 1.82) is 0 Å². The number of hydrogen-bond acceptors (Lipinski definition) is 3. The van der Waals surface area contributed by atoms with Crippen molar-refractivity contribution in [3.8, 4) is 0 Å². The maximum Gasteiger partial charge on any atom is 0.241 e. The molecule has 22 heavy (non-hydrogen) atoms. The average molecular weight is 324 g/mol. The molecular formula is C16H24N2O3S. The summed E-state index contributed by atoms with van der Waals surface area (Å²) in [7, 11) is -3.67. The molecule has 1 N–H and O–H groups in total. The van der Waals surface area contributed by atoms with Crippen molar-refractivity contribution in [3.63, 3.8) is 0 Å². The van der Waals surface area contributed by atoms with Gasteiger partial charge in [0.2, 0.25) is 15.9 Å². The van der Waals surface area contributed by atoms with Crippen LogP contribution in [0.1, 0.15) is 38.2 Å². The molecule has 0 aromatic heterocycles. The third kappa shape index (κ3) is 4.30. The summed E-state index contributed by atoms with van der Waals surface area (Å²) < 4.78 is 27.1. The van der Waals surface area contributed by atoms with E-state index >= 15 is 0 Å². The van der Waals surface area contributed by atoms with Gasteiger partial charge in [0.05, 0.1) is 10.9 Å². The van der Waals surface area contributed by atoms with Crippen LogP contribution in [-0.2, 0) is 14.8 Å². The number of hydrogen-bond donors (Lipinski definition) is 1. The molecule has 1 aliphatic rings. The second kappa shape index (κ2) is 7.24. The maximum absolute atomic E-state index is 12.4. The molecule has 1 atom stereocenters. The molecule has 1 fully saturated rings. The predicted octanol–water partition coefficient (Wildman–Crippen LogP) is 2.06. The molecule has 0 saturated carbocycles. The summed E-state index contributed by atoms with van der Waals surface area (Å²) >= 11 is 0. The summed E-state index contributed by atoms with van der Waals surface area (Å²) in [5.41, 5.74) is 0.993. The van der Waals surface area contributed by atoms with E-state index in [2.05, 4.69) is 4.72 Å². The van der Waals surface area contributed by atoms with Crippen molar-refractivity contribution in [2.75, 3.05) is 13.1 Å². The maximum atomic E-state index is 12.4. The molecule has 1 aromatic rings. The normalized spacial score (nSPS) is 17.8. The van der Waals surface area contributed by atoms with E-state index in [1.165, 1.54) is 0 Å². The number of carbonyl (C=O) groups is 1. The molecule has 1 aromatic carbocycles. The van der Waals surface area contributed by atoms with E-state index < -0.39 is 16.1 Å². The summed E-state index contributed by atoms with van der Waals surface area (Å²) in [6.07, 6.45) is 4.24. The van der Waals surface area contributed by atoms with Crippen molar-refractivity contribution in [3.05, 3.63) is 29.8 Å². The largest absolute Gasteiger partial charge is 0.341 e. The van der Waals surface area contributed by atoms with E-state index in [0.29, 0.717) is 0 Å². The summed E-state index contributed by atoms with van der Waals surface area (Å²) in [4.78, 5) is 14.4. The van der Waals surface area contributed by atoms with E-state index in [0.717, 1.165) is 44.3 Å². The monoisotopic (exact) mass is 324 g/mol. The molecule has 0 unspecified atom stereocenters. The Hall–Kier alpha value is -1.40. The van der Waals surface area contributed by atoms with Gasteiger partial charge in [-0.1, -0.05) is 30.5 Å². The number of aryl methyl sites for hydroxylation is 1. The fourth-order valence-corrected chi connectivity index (χ4v) is 3.83. The molecule has 6 heteroatoms. The van der Waals surface area contributed by atoms with Gasteiger partial charge in [0, 0.05) is 13.1 Å². The van der Waals surface area contributed by atoms with Crippen LogP contribution in [-0.4, -0.2) is 38.4 Å². The molecule has 0 radical (unpaired) electrons.